The summed E-state index contributed by atoms with van der Waals surface area (Å²) in [6.45, 7) is 4.45. The number of nitrogens with one attached hydrogen (secondary N) is 1. The van der Waals surface area contributed by atoms with E-state index >= 15 is 0 Å². The van der Waals surface area contributed by atoms with E-state index in [2.05, 4.69) is 35.0 Å². The molecule has 0 spiro atoms. The summed E-state index contributed by atoms with van der Waals surface area (Å²) in [6.07, 6.45) is 3.89. The number of rotatable bonds is 3. The fraction of sp³-hybridized carbons (Fsp3) is 0.562. The Kier molecular flexibility index (Phi) is 3.56. The van der Waals surface area contributed by atoms with E-state index in [0.29, 0.717) is 0 Å². The molecule has 2 aliphatic rings. The quantitative estimate of drug-likeness (QED) is 0.902. The first-order chi connectivity index (χ1) is 9.24. The summed E-state index contributed by atoms with van der Waals surface area (Å²) in [5, 5.41) is 8.25. The van der Waals surface area contributed by atoms with Gasteiger partial charge in [-0.15, -0.1) is 0 Å². The van der Waals surface area contributed by atoms with Gasteiger partial charge in [-0.2, -0.15) is 0 Å². The van der Waals surface area contributed by atoms with E-state index in [1.54, 1.807) is 0 Å². The van der Waals surface area contributed by atoms with Crippen LogP contribution >= 0.6 is 0 Å². The normalized spacial score (nSPS) is 20.9. The Morgan fingerprint density at radius 2 is 1.95 bits per heavy atom. The van der Waals surface area contributed by atoms with Crippen molar-refractivity contribution in [1.82, 2.24) is 9.80 Å². The Hall–Kier alpha value is -1.35. The third-order valence-electron chi connectivity index (χ3n) is 4.60. The predicted octanol–water partition coefficient (Wildman–Crippen LogP) is 2.56. The second-order valence-corrected chi connectivity index (χ2v) is 5.96. The SMILES string of the molecule is CN1CCC(CCN2Cc3ccccc3C2=N)CC1. The molecule has 3 nitrogen and oxygen atoms in total. The van der Waals surface area contributed by atoms with Gasteiger partial charge in [0.2, 0.25) is 0 Å². The maximum atomic E-state index is 8.25. The molecule has 0 aliphatic carbocycles. The minimum atomic E-state index is 0.725. The molecule has 1 aromatic carbocycles. The first-order valence-corrected chi connectivity index (χ1v) is 7.34. The molecule has 0 saturated carbocycles. The van der Waals surface area contributed by atoms with E-state index in [9.17, 15) is 0 Å². The van der Waals surface area contributed by atoms with Crippen molar-refractivity contribution in [3.05, 3.63) is 35.4 Å². The number of likely N-dealkylation sites (tertiary alicyclic amines) is 1. The van der Waals surface area contributed by atoms with Crippen LogP contribution in [0.5, 0.6) is 0 Å². The Morgan fingerprint density at radius 3 is 2.68 bits per heavy atom. The number of amidine groups is 1. The first-order valence-electron chi connectivity index (χ1n) is 7.34. The number of nitrogens with zero attached hydrogens (tertiary/aromatic N) is 2. The van der Waals surface area contributed by atoms with Crippen LogP contribution in [0.25, 0.3) is 0 Å². The molecule has 0 unspecified atom stereocenters. The van der Waals surface area contributed by atoms with E-state index in [-0.39, 0.29) is 0 Å². The van der Waals surface area contributed by atoms with Crippen LogP contribution in [0.3, 0.4) is 0 Å². The van der Waals surface area contributed by atoms with E-state index in [1.807, 2.05) is 6.07 Å². The molecule has 3 rings (SSSR count). The zero-order valence-corrected chi connectivity index (χ0v) is 11.7. The number of piperidine rings is 1. The van der Waals surface area contributed by atoms with Crippen molar-refractivity contribution < 1.29 is 0 Å². The Labute approximate surface area is 115 Å². The lowest BCUT2D eigenvalue weighted by Gasteiger charge is -2.30. The van der Waals surface area contributed by atoms with Crippen LogP contribution in [-0.4, -0.2) is 42.3 Å². The molecule has 1 fully saturated rings. The highest BCUT2D eigenvalue weighted by Gasteiger charge is 2.24. The van der Waals surface area contributed by atoms with Gasteiger partial charge in [0.05, 0.1) is 0 Å². The molecule has 102 valence electrons. The second kappa shape index (κ2) is 5.33. The molecule has 0 atom stereocenters. The highest BCUT2D eigenvalue weighted by atomic mass is 15.2. The van der Waals surface area contributed by atoms with Gasteiger partial charge in [-0.1, -0.05) is 24.3 Å². The highest BCUT2D eigenvalue weighted by molar-refractivity contribution is 6.00. The van der Waals surface area contributed by atoms with Crippen LogP contribution in [0.1, 0.15) is 30.4 Å². The fourth-order valence-corrected chi connectivity index (χ4v) is 3.22. The van der Waals surface area contributed by atoms with Crippen LogP contribution in [-0.2, 0) is 6.54 Å². The number of fused-ring (bicyclic) bond motifs is 1. The van der Waals surface area contributed by atoms with Gasteiger partial charge in [-0.25, -0.2) is 0 Å². The largest absolute Gasteiger partial charge is 0.352 e. The maximum Gasteiger partial charge on any atom is 0.128 e. The second-order valence-electron chi connectivity index (χ2n) is 5.96. The van der Waals surface area contributed by atoms with Gasteiger partial charge < -0.3 is 9.80 Å². The van der Waals surface area contributed by atoms with E-state index in [1.165, 1.54) is 37.9 Å². The van der Waals surface area contributed by atoms with Crippen molar-refractivity contribution in [3.8, 4) is 0 Å². The van der Waals surface area contributed by atoms with Gasteiger partial charge in [0, 0.05) is 18.7 Å². The summed E-state index contributed by atoms with van der Waals surface area (Å²) in [6, 6.07) is 8.34. The van der Waals surface area contributed by atoms with Crippen molar-refractivity contribution in [3.63, 3.8) is 0 Å². The maximum absolute atomic E-state index is 8.25. The zero-order chi connectivity index (χ0) is 13.2. The zero-order valence-electron chi connectivity index (χ0n) is 11.7. The third kappa shape index (κ3) is 2.66. The van der Waals surface area contributed by atoms with Crippen molar-refractivity contribution in [1.29, 1.82) is 5.41 Å². The average Bonchev–Trinajstić information content (AvgIpc) is 2.76. The molecule has 1 N–H and O–H groups in total. The van der Waals surface area contributed by atoms with Crippen molar-refractivity contribution in [2.45, 2.75) is 25.8 Å². The van der Waals surface area contributed by atoms with Crippen LogP contribution in [0.15, 0.2) is 24.3 Å². The van der Waals surface area contributed by atoms with Gasteiger partial charge in [0.25, 0.3) is 0 Å². The van der Waals surface area contributed by atoms with E-state index in [0.717, 1.165) is 30.4 Å². The monoisotopic (exact) mass is 257 g/mol. The van der Waals surface area contributed by atoms with Crippen molar-refractivity contribution in [2.24, 2.45) is 5.92 Å². The molecule has 0 radical (unpaired) electrons. The van der Waals surface area contributed by atoms with E-state index in [4.69, 9.17) is 5.41 Å². The lowest BCUT2D eigenvalue weighted by atomic mass is 9.94. The van der Waals surface area contributed by atoms with Gasteiger partial charge in [-0.3, -0.25) is 5.41 Å². The molecular formula is C16H23N3. The lowest BCUT2D eigenvalue weighted by Crippen LogP contribution is -2.33. The minimum absolute atomic E-state index is 0.725. The third-order valence-corrected chi connectivity index (χ3v) is 4.60. The molecule has 2 aliphatic heterocycles. The Balaban J connectivity index is 1.54. The van der Waals surface area contributed by atoms with Crippen molar-refractivity contribution in [2.75, 3.05) is 26.7 Å². The topological polar surface area (TPSA) is 30.3 Å². The Bertz CT molecular complexity index is 461. The predicted molar refractivity (Wildman–Crippen MR) is 78.5 cm³/mol. The minimum Gasteiger partial charge on any atom is -0.352 e. The molecule has 0 aromatic heterocycles. The number of hydrogen-bond donors (Lipinski definition) is 1. The van der Waals surface area contributed by atoms with Crippen LogP contribution in [0.2, 0.25) is 0 Å². The average molecular weight is 257 g/mol. The summed E-state index contributed by atoms with van der Waals surface area (Å²) >= 11 is 0. The van der Waals surface area contributed by atoms with Gasteiger partial charge in [0.15, 0.2) is 0 Å². The summed E-state index contributed by atoms with van der Waals surface area (Å²) < 4.78 is 0. The molecular weight excluding hydrogens is 234 g/mol. The molecule has 1 aromatic rings. The molecule has 0 amide bonds. The summed E-state index contributed by atoms with van der Waals surface area (Å²) in [7, 11) is 2.21. The molecule has 2 heterocycles. The smallest absolute Gasteiger partial charge is 0.128 e. The molecule has 0 bridgehead atoms. The summed E-state index contributed by atoms with van der Waals surface area (Å²) in [5.41, 5.74) is 2.45. The van der Waals surface area contributed by atoms with Crippen LogP contribution < -0.4 is 0 Å². The number of hydrogen-bond acceptors (Lipinski definition) is 2. The molecule has 1 saturated heterocycles. The molecule has 3 heteroatoms. The Morgan fingerprint density at radius 1 is 1.21 bits per heavy atom. The van der Waals surface area contributed by atoms with Crippen LogP contribution in [0, 0.1) is 11.3 Å². The van der Waals surface area contributed by atoms with E-state index < -0.39 is 0 Å². The summed E-state index contributed by atoms with van der Waals surface area (Å²) in [4.78, 5) is 4.66. The summed E-state index contributed by atoms with van der Waals surface area (Å²) in [5.74, 6) is 1.58. The van der Waals surface area contributed by atoms with Crippen molar-refractivity contribution >= 4 is 5.84 Å². The molecule has 19 heavy (non-hydrogen) atoms. The van der Waals surface area contributed by atoms with Gasteiger partial charge >= 0.3 is 0 Å². The van der Waals surface area contributed by atoms with Crippen LogP contribution in [0.4, 0.5) is 0 Å². The van der Waals surface area contributed by atoms with Gasteiger partial charge in [0.1, 0.15) is 5.84 Å². The standard InChI is InChI=1S/C16H23N3/c1-18-9-6-13(7-10-18)8-11-19-12-14-4-2-3-5-15(14)16(19)17/h2-5,13,17H,6-12H2,1H3. The first kappa shape index (κ1) is 12.7. The van der Waals surface area contributed by atoms with Gasteiger partial charge in [-0.05, 0) is 50.9 Å². The highest BCUT2D eigenvalue weighted by Crippen LogP contribution is 2.25. The fourth-order valence-electron chi connectivity index (χ4n) is 3.22. The number of benzene rings is 1. The lowest BCUT2D eigenvalue weighted by molar-refractivity contribution is 0.203.